The Balaban J connectivity index is 2.19. The molecule has 0 saturated carbocycles. The standard InChI is InChI=1S/C15H20N2O3/c1-10(16)15(20)17(9-14(18)19)13-7-6-11-4-2-3-5-12(11)8-13/h2-5,10,13H,6-9,16H2,1H3,(H,18,19)/t10-,13?/m0/s1. The molecule has 0 spiro atoms. The van der Waals surface area contributed by atoms with Crippen LogP contribution >= 0.6 is 0 Å². The number of nitrogens with zero attached hydrogens (tertiary/aromatic N) is 1. The molecule has 1 aromatic carbocycles. The zero-order valence-electron chi connectivity index (χ0n) is 11.6. The molecule has 0 radical (unpaired) electrons. The van der Waals surface area contributed by atoms with Crippen molar-refractivity contribution in [3.05, 3.63) is 35.4 Å². The number of carboxylic acid groups (broad SMARTS) is 1. The van der Waals surface area contributed by atoms with Crippen molar-refractivity contribution in [2.24, 2.45) is 5.73 Å². The fraction of sp³-hybridized carbons (Fsp3) is 0.467. The van der Waals surface area contributed by atoms with Crippen molar-refractivity contribution in [1.29, 1.82) is 0 Å². The Kier molecular flexibility index (Phi) is 4.39. The van der Waals surface area contributed by atoms with Crippen molar-refractivity contribution >= 4 is 11.9 Å². The lowest BCUT2D eigenvalue weighted by Gasteiger charge is -2.35. The number of carbonyl (C=O) groups excluding carboxylic acids is 1. The second-order valence-corrected chi connectivity index (χ2v) is 5.31. The van der Waals surface area contributed by atoms with Crippen molar-refractivity contribution in [2.75, 3.05) is 6.54 Å². The van der Waals surface area contributed by atoms with Crippen molar-refractivity contribution in [3.8, 4) is 0 Å². The molecule has 20 heavy (non-hydrogen) atoms. The number of carboxylic acids is 1. The topological polar surface area (TPSA) is 83.6 Å². The maximum atomic E-state index is 12.1. The monoisotopic (exact) mass is 276 g/mol. The van der Waals surface area contributed by atoms with Gasteiger partial charge >= 0.3 is 5.97 Å². The first-order chi connectivity index (χ1) is 9.49. The second-order valence-electron chi connectivity index (χ2n) is 5.31. The first kappa shape index (κ1) is 14.5. The number of fused-ring (bicyclic) bond motifs is 1. The van der Waals surface area contributed by atoms with Crippen LogP contribution in [0.5, 0.6) is 0 Å². The van der Waals surface area contributed by atoms with Gasteiger partial charge in [-0.1, -0.05) is 24.3 Å². The van der Waals surface area contributed by atoms with E-state index >= 15 is 0 Å². The van der Waals surface area contributed by atoms with E-state index < -0.39 is 12.0 Å². The molecule has 108 valence electrons. The molecule has 1 aliphatic carbocycles. The lowest BCUT2D eigenvalue weighted by atomic mass is 9.87. The van der Waals surface area contributed by atoms with Crippen LogP contribution in [0.15, 0.2) is 24.3 Å². The van der Waals surface area contributed by atoms with Gasteiger partial charge in [0.05, 0.1) is 6.04 Å². The van der Waals surface area contributed by atoms with E-state index in [1.165, 1.54) is 16.0 Å². The molecule has 1 unspecified atom stereocenters. The smallest absolute Gasteiger partial charge is 0.323 e. The Bertz CT molecular complexity index is 514. The lowest BCUT2D eigenvalue weighted by Crippen LogP contribution is -2.51. The van der Waals surface area contributed by atoms with Crippen molar-refractivity contribution in [3.63, 3.8) is 0 Å². The highest BCUT2D eigenvalue weighted by atomic mass is 16.4. The summed E-state index contributed by atoms with van der Waals surface area (Å²) in [6.07, 6.45) is 2.34. The molecule has 0 aromatic heterocycles. The summed E-state index contributed by atoms with van der Waals surface area (Å²) in [7, 11) is 0. The van der Waals surface area contributed by atoms with Crippen LogP contribution in [0.3, 0.4) is 0 Å². The van der Waals surface area contributed by atoms with E-state index in [0.717, 1.165) is 12.8 Å². The molecule has 5 nitrogen and oxygen atoms in total. The number of aliphatic carboxylic acids is 1. The van der Waals surface area contributed by atoms with E-state index in [2.05, 4.69) is 6.07 Å². The number of nitrogens with two attached hydrogens (primary N) is 1. The van der Waals surface area contributed by atoms with E-state index in [9.17, 15) is 9.59 Å². The van der Waals surface area contributed by atoms with Gasteiger partial charge in [0.15, 0.2) is 0 Å². The summed E-state index contributed by atoms with van der Waals surface area (Å²) in [6.45, 7) is 1.31. The van der Waals surface area contributed by atoms with Gasteiger partial charge in [0.25, 0.3) is 0 Å². The Labute approximate surface area is 118 Å². The zero-order valence-corrected chi connectivity index (χ0v) is 11.6. The molecule has 0 heterocycles. The molecule has 1 aliphatic rings. The lowest BCUT2D eigenvalue weighted by molar-refractivity contribution is -0.146. The number of hydrogen-bond donors (Lipinski definition) is 2. The van der Waals surface area contributed by atoms with Crippen LogP contribution in [0.2, 0.25) is 0 Å². The molecule has 0 saturated heterocycles. The highest BCUT2D eigenvalue weighted by Gasteiger charge is 2.30. The third-order valence-electron chi connectivity index (χ3n) is 3.74. The SMILES string of the molecule is C[C@H](N)C(=O)N(CC(=O)O)C1CCc2ccccc2C1. The Morgan fingerprint density at radius 3 is 2.65 bits per heavy atom. The van der Waals surface area contributed by atoms with Gasteiger partial charge in [0, 0.05) is 6.04 Å². The molecule has 2 atom stereocenters. The quantitative estimate of drug-likeness (QED) is 0.852. The average molecular weight is 276 g/mol. The number of carbonyl (C=O) groups is 2. The van der Waals surface area contributed by atoms with Crippen LogP contribution in [0.25, 0.3) is 0 Å². The van der Waals surface area contributed by atoms with Gasteiger partial charge in [-0.15, -0.1) is 0 Å². The van der Waals surface area contributed by atoms with Crippen molar-refractivity contribution < 1.29 is 14.7 Å². The van der Waals surface area contributed by atoms with Gasteiger partial charge in [-0.2, -0.15) is 0 Å². The maximum Gasteiger partial charge on any atom is 0.323 e. The largest absolute Gasteiger partial charge is 0.480 e. The fourth-order valence-corrected chi connectivity index (χ4v) is 2.74. The number of hydrogen-bond acceptors (Lipinski definition) is 3. The van der Waals surface area contributed by atoms with Gasteiger partial charge in [0.1, 0.15) is 6.54 Å². The number of aryl methyl sites for hydroxylation is 1. The van der Waals surface area contributed by atoms with E-state index in [0.29, 0.717) is 6.42 Å². The molecule has 0 bridgehead atoms. The minimum atomic E-state index is -1.00. The van der Waals surface area contributed by atoms with Crippen LogP contribution in [-0.4, -0.2) is 40.5 Å². The molecule has 1 amide bonds. The van der Waals surface area contributed by atoms with E-state index in [-0.39, 0.29) is 18.5 Å². The molecular weight excluding hydrogens is 256 g/mol. The molecule has 0 aliphatic heterocycles. The molecule has 1 aromatic rings. The average Bonchev–Trinajstić information content (AvgIpc) is 2.43. The molecule has 2 rings (SSSR count). The maximum absolute atomic E-state index is 12.1. The number of benzene rings is 1. The van der Waals surface area contributed by atoms with Gasteiger partial charge in [-0.3, -0.25) is 9.59 Å². The first-order valence-electron chi connectivity index (χ1n) is 6.83. The van der Waals surface area contributed by atoms with Gasteiger partial charge in [-0.25, -0.2) is 0 Å². The molecular formula is C15H20N2O3. The van der Waals surface area contributed by atoms with E-state index in [4.69, 9.17) is 10.8 Å². The van der Waals surface area contributed by atoms with Crippen LogP contribution < -0.4 is 5.73 Å². The summed E-state index contributed by atoms with van der Waals surface area (Å²) in [6, 6.07) is 7.33. The summed E-state index contributed by atoms with van der Waals surface area (Å²) >= 11 is 0. The minimum Gasteiger partial charge on any atom is -0.480 e. The molecule has 5 heteroatoms. The summed E-state index contributed by atoms with van der Waals surface area (Å²) in [5.41, 5.74) is 8.11. The summed E-state index contributed by atoms with van der Waals surface area (Å²) in [4.78, 5) is 24.5. The van der Waals surface area contributed by atoms with Gasteiger partial charge in [0.2, 0.25) is 5.91 Å². The third kappa shape index (κ3) is 3.17. The van der Waals surface area contributed by atoms with Crippen LogP contribution in [0.4, 0.5) is 0 Å². The Morgan fingerprint density at radius 1 is 1.40 bits per heavy atom. The highest BCUT2D eigenvalue weighted by Crippen LogP contribution is 2.24. The Morgan fingerprint density at radius 2 is 2.05 bits per heavy atom. The first-order valence-corrected chi connectivity index (χ1v) is 6.83. The fourth-order valence-electron chi connectivity index (χ4n) is 2.74. The zero-order chi connectivity index (χ0) is 14.7. The van der Waals surface area contributed by atoms with Crippen LogP contribution in [-0.2, 0) is 22.4 Å². The second kappa shape index (κ2) is 6.05. The van der Waals surface area contributed by atoms with Crippen LogP contribution in [0.1, 0.15) is 24.5 Å². The van der Waals surface area contributed by atoms with E-state index in [1.807, 2.05) is 18.2 Å². The van der Waals surface area contributed by atoms with Gasteiger partial charge in [-0.05, 0) is 37.3 Å². The minimum absolute atomic E-state index is 0.0838. The third-order valence-corrected chi connectivity index (χ3v) is 3.74. The summed E-state index contributed by atoms with van der Waals surface area (Å²) < 4.78 is 0. The highest BCUT2D eigenvalue weighted by molar-refractivity contribution is 5.85. The number of rotatable bonds is 4. The summed E-state index contributed by atoms with van der Waals surface area (Å²) in [5, 5.41) is 9.01. The number of amides is 1. The van der Waals surface area contributed by atoms with Crippen molar-refractivity contribution in [2.45, 2.75) is 38.3 Å². The van der Waals surface area contributed by atoms with Gasteiger partial charge < -0.3 is 15.7 Å². The molecule has 3 N–H and O–H groups in total. The Hall–Kier alpha value is -1.88. The van der Waals surface area contributed by atoms with E-state index in [1.54, 1.807) is 6.92 Å². The summed E-state index contributed by atoms with van der Waals surface area (Å²) in [5.74, 6) is -1.30. The predicted octanol–water partition coefficient (Wildman–Crippen LogP) is 0.804. The van der Waals surface area contributed by atoms with Crippen LogP contribution in [0, 0.1) is 0 Å². The normalized spacial score (nSPS) is 19.0. The van der Waals surface area contributed by atoms with Crippen molar-refractivity contribution in [1.82, 2.24) is 4.90 Å². The molecule has 0 fully saturated rings. The predicted molar refractivity (Wildman–Crippen MR) is 75.3 cm³/mol.